The Morgan fingerprint density at radius 2 is 1.87 bits per heavy atom. The molecule has 60 heavy (non-hydrogen) atoms. The van der Waals surface area contributed by atoms with Crippen molar-refractivity contribution in [3.63, 3.8) is 0 Å². The van der Waals surface area contributed by atoms with Crippen LogP contribution in [0.1, 0.15) is 95.0 Å². The summed E-state index contributed by atoms with van der Waals surface area (Å²) in [4.78, 5) is 68.1. The molecule has 2 unspecified atom stereocenters. The topological polar surface area (TPSA) is 183 Å². The maximum atomic E-state index is 16.1. The summed E-state index contributed by atoms with van der Waals surface area (Å²) >= 11 is 0. The van der Waals surface area contributed by atoms with Crippen LogP contribution < -0.4 is 20.4 Å². The Labute approximate surface area is 347 Å². The maximum absolute atomic E-state index is 16.1. The van der Waals surface area contributed by atoms with Crippen molar-refractivity contribution in [1.29, 1.82) is 0 Å². The van der Waals surface area contributed by atoms with Crippen LogP contribution >= 0.6 is 0 Å². The normalized spacial score (nSPS) is 34.8. The highest BCUT2D eigenvalue weighted by Crippen LogP contribution is 2.67. The van der Waals surface area contributed by atoms with Crippen molar-refractivity contribution in [2.45, 2.75) is 109 Å². The van der Waals surface area contributed by atoms with Gasteiger partial charge in [0.2, 0.25) is 17.5 Å². The van der Waals surface area contributed by atoms with Crippen molar-refractivity contribution in [2.24, 2.45) is 34.5 Å². The SMILES string of the molecule is COc1c(N2C[C@@H]3CCCN[C@@H]3C2)c(F)cc2c(=O)c(C(=O)OC(C)OC(=O)OCC(=O)[C@]3(O)CC[C@@H]4[C@H]5CCC6=CC(=O)C=C[C@@]6(C)C5[C@H](O)C[C@]43C)cn(C3CC3)c12. The van der Waals surface area contributed by atoms with Gasteiger partial charge in [-0.2, -0.15) is 0 Å². The van der Waals surface area contributed by atoms with Crippen molar-refractivity contribution >= 4 is 40.3 Å². The number of hydrogen-bond acceptors (Lipinski definition) is 13. The van der Waals surface area contributed by atoms with E-state index in [9.17, 15) is 34.2 Å². The van der Waals surface area contributed by atoms with Gasteiger partial charge in [-0.05, 0) is 100 Å². The molecular formula is C45H54FN3O11. The van der Waals surface area contributed by atoms with E-state index in [1.165, 1.54) is 20.2 Å². The summed E-state index contributed by atoms with van der Waals surface area (Å²) in [6, 6.07) is 1.33. The van der Waals surface area contributed by atoms with E-state index in [1.807, 2.05) is 24.8 Å². The standard InChI is InChI=1S/C45H54FN3O11/c1-23(60-42(55)58-22-35(52)45(56)14-12-31-28-10-7-25-16-27(50)11-13-43(25,2)36(28)34(51)18-44(31,45)3)59-41(54)30-20-49(26-8-9-26)37-29(39(30)53)17-32(46)38(40(37)57-4)48-19-24-6-5-15-47-33(24)21-48/h11,13,16-17,20,23-24,26,28,31,33-34,36,47,51,56H,5-10,12,14-15,18-19,21-22H2,1-4H3/t23?,24-,28+,31+,33+,34+,36?,43+,44+,45+/m0/s1. The highest BCUT2D eigenvalue weighted by molar-refractivity contribution is 6.01. The number of nitrogens with zero attached hydrogens (tertiary/aromatic N) is 2. The van der Waals surface area contributed by atoms with Crippen LogP contribution in [0, 0.1) is 40.3 Å². The van der Waals surface area contributed by atoms with Gasteiger partial charge in [0.1, 0.15) is 16.9 Å². The van der Waals surface area contributed by atoms with Crippen LogP contribution in [0.25, 0.3) is 10.9 Å². The Kier molecular flexibility index (Phi) is 10.1. The largest absolute Gasteiger partial charge is 0.511 e. The number of halogens is 1. The van der Waals surface area contributed by atoms with E-state index in [0.717, 1.165) is 43.9 Å². The van der Waals surface area contributed by atoms with E-state index in [2.05, 4.69) is 5.32 Å². The molecule has 322 valence electrons. The van der Waals surface area contributed by atoms with Crippen LogP contribution in [0.4, 0.5) is 14.9 Å². The number of ether oxygens (including phenoxy) is 4. The fourth-order valence-electron chi connectivity index (χ4n) is 12.4. The molecule has 9 rings (SSSR count). The number of nitrogens with one attached hydrogen (secondary N) is 1. The summed E-state index contributed by atoms with van der Waals surface area (Å²) in [6.45, 7) is 6.46. The number of carbonyl (C=O) groups is 4. The Hall–Kier alpha value is -4.60. The fourth-order valence-corrected chi connectivity index (χ4v) is 12.4. The number of esters is 1. The van der Waals surface area contributed by atoms with E-state index in [1.54, 1.807) is 16.7 Å². The van der Waals surface area contributed by atoms with Crippen LogP contribution in [0.5, 0.6) is 5.75 Å². The number of hydrogen-bond donors (Lipinski definition) is 3. The predicted octanol–water partition coefficient (Wildman–Crippen LogP) is 4.91. The van der Waals surface area contributed by atoms with E-state index >= 15 is 4.39 Å². The second kappa shape index (κ2) is 14.8. The first-order valence-corrected chi connectivity index (χ1v) is 21.4. The molecule has 4 saturated carbocycles. The van der Waals surface area contributed by atoms with Crippen LogP contribution in [-0.2, 0) is 23.8 Å². The van der Waals surface area contributed by atoms with Gasteiger partial charge < -0.3 is 43.9 Å². The zero-order valence-corrected chi connectivity index (χ0v) is 34.5. The lowest BCUT2D eigenvalue weighted by Crippen LogP contribution is -2.61. The third-order valence-electron chi connectivity index (χ3n) is 15.4. The zero-order valence-electron chi connectivity index (χ0n) is 34.5. The molecule has 7 aliphatic rings. The highest BCUT2D eigenvalue weighted by atomic mass is 19.1. The molecule has 15 heteroatoms. The number of ketones is 2. The van der Waals surface area contributed by atoms with Gasteiger partial charge in [0, 0.05) is 55.0 Å². The molecule has 1 aromatic heterocycles. The number of carbonyl (C=O) groups excluding carboxylic acids is 4. The minimum atomic E-state index is -1.89. The Morgan fingerprint density at radius 3 is 2.60 bits per heavy atom. The molecule has 0 bridgehead atoms. The van der Waals surface area contributed by atoms with Gasteiger partial charge in [0.25, 0.3) is 0 Å². The summed E-state index contributed by atoms with van der Waals surface area (Å²) in [5.74, 6) is -2.22. The number of fused-ring (bicyclic) bond motifs is 7. The van der Waals surface area contributed by atoms with Crippen molar-refractivity contribution in [3.8, 4) is 5.75 Å². The van der Waals surface area contributed by atoms with Gasteiger partial charge in [0.15, 0.2) is 24.0 Å². The van der Waals surface area contributed by atoms with Gasteiger partial charge in [-0.15, -0.1) is 0 Å². The summed E-state index contributed by atoms with van der Waals surface area (Å²) in [6.07, 6.45) is 8.63. The number of allylic oxidation sites excluding steroid dienone is 4. The number of aromatic nitrogens is 1. The number of Topliss-reactive ketones (excluding diaryl/α,β-unsaturated/α-hetero) is 1. The van der Waals surface area contributed by atoms with E-state index in [0.29, 0.717) is 43.8 Å². The molecule has 0 amide bonds. The summed E-state index contributed by atoms with van der Waals surface area (Å²) in [7, 11) is 1.44. The lowest BCUT2D eigenvalue weighted by atomic mass is 9.46. The average molecular weight is 832 g/mol. The number of rotatable bonds is 9. The first-order valence-electron chi connectivity index (χ1n) is 21.4. The molecular weight excluding hydrogens is 778 g/mol. The second-order valence-corrected chi connectivity index (χ2v) is 18.7. The van der Waals surface area contributed by atoms with E-state index < -0.39 is 64.6 Å². The molecule has 0 radical (unpaired) electrons. The number of piperidine rings is 1. The number of methoxy groups -OCH3 is 1. The lowest BCUT2D eigenvalue weighted by molar-refractivity contribution is -0.179. The molecule has 14 nitrogen and oxygen atoms in total. The quantitative estimate of drug-likeness (QED) is 0.229. The molecule has 3 N–H and O–H groups in total. The Balaban J connectivity index is 0.864. The van der Waals surface area contributed by atoms with Gasteiger partial charge in [0.05, 0.1) is 24.1 Å². The summed E-state index contributed by atoms with van der Waals surface area (Å²) in [5, 5.41) is 27.2. The zero-order chi connectivity index (χ0) is 42.5. The molecule has 2 aromatic rings. The first-order chi connectivity index (χ1) is 28.6. The smallest absolute Gasteiger partial charge is 0.492 e. The monoisotopic (exact) mass is 831 g/mol. The highest BCUT2D eigenvalue weighted by Gasteiger charge is 2.68. The molecule has 0 spiro atoms. The number of aliphatic hydroxyl groups is 2. The molecule has 2 saturated heterocycles. The van der Waals surface area contributed by atoms with Crippen LogP contribution in [0.3, 0.4) is 0 Å². The average Bonchev–Trinajstić information content (AvgIpc) is 3.90. The third-order valence-corrected chi connectivity index (χ3v) is 15.4. The number of benzene rings is 1. The van der Waals surface area contributed by atoms with Crippen molar-refractivity contribution in [3.05, 3.63) is 57.7 Å². The van der Waals surface area contributed by atoms with E-state index in [-0.39, 0.29) is 70.8 Å². The molecule has 2 aliphatic heterocycles. The molecule has 3 heterocycles. The molecule has 1 aromatic carbocycles. The fraction of sp³-hybridized carbons (Fsp3) is 0.622. The minimum absolute atomic E-state index is 0.00592. The van der Waals surface area contributed by atoms with Gasteiger partial charge >= 0.3 is 12.1 Å². The van der Waals surface area contributed by atoms with Gasteiger partial charge in [-0.25, -0.2) is 14.0 Å². The first kappa shape index (κ1) is 40.8. The van der Waals surface area contributed by atoms with Crippen molar-refractivity contribution in [1.82, 2.24) is 9.88 Å². The molecule has 6 fully saturated rings. The predicted molar refractivity (Wildman–Crippen MR) is 215 cm³/mol. The summed E-state index contributed by atoms with van der Waals surface area (Å²) in [5.41, 5.74) is -2.86. The second-order valence-electron chi connectivity index (χ2n) is 18.7. The minimum Gasteiger partial charge on any atom is -0.492 e. The maximum Gasteiger partial charge on any atom is 0.511 e. The van der Waals surface area contributed by atoms with Crippen LogP contribution in [-0.4, -0.2) is 95.9 Å². The lowest BCUT2D eigenvalue weighted by Gasteiger charge is -2.59. The van der Waals surface area contributed by atoms with Gasteiger partial charge in [-0.3, -0.25) is 14.4 Å². The summed E-state index contributed by atoms with van der Waals surface area (Å²) < 4.78 is 39.4. The number of pyridine rings is 1. The molecule has 5 aliphatic carbocycles. The van der Waals surface area contributed by atoms with Crippen molar-refractivity contribution in [2.75, 3.05) is 38.3 Å². The number of anilines is 1. The third kappa shape index (κ3) is 6.40. The number of aliphatic hydroxyl groups excluding tert-OH is 1. The van der Waals surface area contributed by atoms with Crippen LogP contribution in [0.15, 0.2) is 40.9 Å². The Bertz CT molecular complexity index is 2270. The van der Waals surface area contributed by atoms with E-state index in [4.69, 9.17) is 18.9 Å². The Morgan fingerprint density at radius 1 is 1.08 bits per heavy atom. The molecule has 10 atom stereocenters. The van der Waals surface area contributed by atoms with Crippen LogP contribution in [0.2, 0.25) is 0 Å². The van der Waals surface area contributed by atoms with Gasteiger partial charge in [-0.1, -0.05) is 25.5 Å². The van der Waals surface area contributed by atoms with Crippen molar-refractivity contribution < 1.29 is 52.7 Å².